The molecule has 2 aromatic rings. The van der Waals surface area contributed by atoms with Crippen LogP contribution >= 0.6 is 0 Å². The zero-order valence-electron chi connectivity index (χ0n) is 13.5. The lowest BCUT2D eigenvalue weighted by Crippen LogP contribution is -2.19. The SMILES string of the molecule is CCc1ccccc1NC(=O)COCc1ccc(C)cc1C. The quantitative estimate of drug-likeness (QED) is 0.874. The highest BCUT2D eigenvalue weighted by Crippen LogP contribution is 2.15. The summed E-state index contributed by atoms with van der Waals surface area (Å²) in [6.45, 7) is 6.71. The second kappa shape index (κ2) is 7.76. The summed E-state index contributed by atoms with van der Waals surface area (Å²) in [4.78, 5) is 12.0. The van der Waals surface area contributed by atoms with Crippen LogP contribution in [0, 0.1) is 13.8 Å². The number of ether oxygens (including phenoxy) is 1. The van der Waals surface area contributed by atoms with Gasteiger partial charge in [-0.2, -0.15) is 0 Å². The molecule has 0 aliphatic carbocycles. The largest absolute Gasteiger partial charge is 0.367 e. The second-order valence-corrected chi connectivity index (χ2v) is 5.48. The minimum absolute atomic E-state index is 0.0609. The predicted molar refractivity (Wildman–Crippen MR) is 90.0 cm³/mol. The number of benzene rings is 2. The normalized spacial score (nSPS) is 10.5. The Morgan fingerprint density at radius 2 is 1.86 bits per heavy atom. The summed E-state index contributed by atoms with van der Waals surface area (Å²) in [5.74, 6) is -0.120. The van der Waals surface area contributed by atoms with E-state index in [1.54, 1.807) is 0 Å². The second-order valence-electron chi connectivity index (χ2n) is 5.48. The van der Waals surface area contributed by atoms with Gasteiger partial charge in [0.25, 0.3) is 0 Å². The number of aryl methyl sites for hydroxylation is 3. The Bertz CT molecular complexity index is 650. The van der Waals surface area contributed by atoms with E-state index in [-0.39, 0.29) is 12.5 Å². The van der Waals surface area contributed by atoms with Crippen LogP contribution in [-0.2, 0) is 22.6 Å². The first-order valence-corrected chi connectivity index (χ1v) is 7.61. The van der Waals surface area contributed by atoms with Crippen molar-refractivity contribution in [1.82, 2.24) is 0 Å². The fourth-order valence-corrected chi connectivity index (χ4v) is 2.40. The Morgan fingerprint density at radius 3 is 2.59 bits per heavy atom. The Morgan fingerprint density at radius 1 is 1.09 bits per heavy atom. The van der Waals surface area contributed by atoms with Crippen LogP contribution in [0.3, 0.4) is 0 Å². The Balaban J connectivity index is 1.85. The van der Waals surface area contributed by atoms with Gasteiger partial charge >= 0.3 is 0 Å². The number of hydrogen-bond donors (Lipinski definition) is 1. The van der Waals surface area contributed by atoms with Gasteiger partial charge in [-0.1, -0.05) is 48.9 Å². The summed E-state index contributed by atoms with van der Waals surface area (Å²) in [6, 6.07) is 14.1. The molecule has 0 unspecified atom stereocenters. The summed E-state index contributed by atoms with van der Waals surface area (Å²) in [5, 5.41) is 2.91. The Kier molecular flexibility index (Phi) is 5.73. The van der Waals surface area contributed by atoms with Crippen molar-refractivity contribution in [3.05, 3.63) is 64.7 Å². The van der Waals surface area contributed by atoms with Crippen molar-refractivity contribution in [3.8, 4) is 0 Å². The first-order chi connectivity index (χ1) is 10.6. The van der Waals surface area contributed by atoms with E-state index < -0.39 is 0 Å². The Labute approximate surface area is 132 Å². The van der Waals surface area contributed by atoms with Gasteiger partial charge in [-0.25, -0.2) is 0 Å². The smallest absolute Gasteiger partial charge is 0.250 e. The van der Waals surface area contributed by atoms with Crippen molar-refractivity contribution in [2.75, 3.05) is 11.9 Å². The van der Waals surface area contributed by atoms with Crippen LogP contribution in [0.2, 0.25) is 0 Å². The first kappa shape index (κ1) is 16.2. The van der Waals surface area contributed by atoms with Crippen LogP contribution in [0.4, 0.5) is 5.69 Å². The maximum Gasteiger partial charge on any atom is 0.250 e. The van der Waals surface area contributed by atoms with E-state index in [1.807, 2.05) is 24.3 Å². The maximum atomic E-state index is 12.0. The van der Waals surface area contributed by atoms with E-state index in [4.69, 9.17) is 4.74 Å². The summed E-state index contributed by atoms with van der Waals surface area (Å²) >= 11 is 0. The molecule has 3 heteroatoms. The lowest BCUT2D eigenvalue weighted by Gasteiger charge is -2.11. The lowest BCUT2D eigenvalue weighted by molar-refractivity contribution is -0.121. The molecule has 1 N–H and O–H groups in total. The monoisotopic (exact) mass is 297 g/mol. The van der Waals surface area contributed by atoms with Crippen molar-refractivity contribution in [2.24, 2.45) is 0 Å². The Hall–Kier alpha value is -2.13. The zero-order chi connectivity index (χ0) is 15.9. The van der Waals surface area contributed by atoms with Gasteiger partial charge in [-0.05, 0) is 43.0 Å². The van der Waals surface area contributed by atoms with E-state index in [0.717, 1.165) is 23.2 Å². The number of amides is 1. The maximum absolute atomic E-state index is 12.0. The van der Waals surface area contributed by atoms with Crippen molar-refractivity contribution < 1.29 is 9.53 Å². The average molecular weight is 297 g/mol. The lowest BCUT2D eigenvalue weighted by atomic mass is 10.1. The van der Waals surface area contributed by atoms with Crippen molar-refractivity contribution in [2.45, 2.75) is 33.8 Å². The molecule has 1 amide bonds. The fraction of sp³-hybridized carbons (Fsp3) is 0.316. The highest BCUT2D eigenvalue weighted by Gasteiger charge is 2.06. The van der Waals surface area contributed by atoms with E-state index in [0.29, 0.717) is 6.61 Å². The van der Waals surface area contributed by atoms with Crippen molar-refractivity contribution in [3.63, 3.8) is 0 Å². The van der Waals surface area contributed by atoms with Gasteiger partial charge in [0.2, 0.25) is 5.91 Å². The topological polar surface area (TPSA) is 38.3 Å². The van der Waals surface area contributed by atoms with Crippen molar-refractivity contribution >= 4 is 11.6 Å². The number of para-hydroxylation sites is 1. The molecule has 0 atom stereocenters. The molecule has 2 rings (SSSR count). The molecule has 22 heavy (non-hydrogen) atoms. The van der Waals surface area contributed by atoms with Crippen LogP contribution in [0.1, 0.15) is 29.2 Å². The number of rotatable bonds is 6. The molecule has 3 nitrogen and oxygen atoms in total. The number of anilines is 1. The molecule has 0 heterocycles. The summed E-state index contributed by atoms with van der Waals surface area (Å²) in [7, 11) is 0. The van der Waals surface area contributed by atoms with E-state index >= 15 is 0 Å². The molecule has 2 aromatic carbocycles. The molecule has 0 aliphatic rings. The van der Waals surface area contributed by atoms with Crippen LogP contribution in [0.25, 0.3) is 0 Å². The molecule has 116 valence electrons. The standard InChI is InChI=1S/C19H23NO2/c1-4-16-7-5-6-8-18(16)20-19(21)13-22-12-17-10-9-14(2)11-15(17)3/h5-11H,4,12-13H2,1-3H3,(H,20,21). The number of nitrogens with one attached hydrogen (secondary N) is 1. The molecule has 0 fully saturated rings. The molecule has 0 saturated carbocycles. The third kappa shape index (κ3) is 4.43. The first-order valence-electron chi connectivity index (χ1n) is 7.61. The minimum atomic E-state index is -0.120. The number of hydrogen-bond acceptors (Lipinski definition) is 2. The molecular weight excluding hydrogens is 274 g/mol. The van der Waals surface area contributed by atoms with Gasteiger partial charge in [0, 0.05) is 5.69 Å². The number of carbonyl (C=O) groups excluding carboxylic acids is 1. The molecule has 0 spiro atoms. The third-order valence-corrected chi connectivity index (χ3v) is 3.66. The predicted octanol–water partition coefficient (Wildman–Crippen LogP) is 4.02. The summed E-state index contributed by atoms with van der Waals surface area (Å²) in [5.41, 5.74) is 5.54. The van der Waals surface area contributed by atoms with Gasteiger partial charge < -0.3 is 10.1 Å². The molecule has 0 bridgehead atoms. The number of carbonyl (C=O) groups is 1. The van der Waals surface area contributed by atoms with Gasteiger partial charge in [0.1, 0.15) is 6.61 Å². The minimum Gasteiger partial charge on any atom is -0.367 e. The van der Waals surface area contributed by atoms with Gasteiger partial charge in [-0.15, -0.1) is 0 Å². The van der Waals surface area contributed by atoms with Gasteiger partial charge in [-0.3, -0.25) is 4.79 Å². The molecular formula is C19H23NO2. The van der Waals surface area contributed by atoms with E-state index in [9.17, 15) is 4.79 Å². The molecule has 0 radical (unpaired) electrons. The summed E-state index contributed by atoms with van der Waals surface area (Å²) in [6.07, 6.45) is 0.889. The van der Waals surface area contributed by atoms with E-state index in [1.165, 1.54) is 11.1 Å². The molecule has 0 aromatic heterocycles. The van der Waals surface area contributed by atoms with Crippen LogP contribution in [0.5, 0.6) is 0 Å². The van der Waals surface area contributed by atoms with Crippen LogP contribution < -0.4 is 5.32 Å². The van der Waals surface area contributed by atoms with E-state index in [2.05, 4.69) is 44.3 Å². The summed E-state index contributed by atoms with van der Waals surface area (Å²) < 4.78 is 5.54. The third-order valence-electron chi connectivity index (χ3n) is 3.66. The zero-order valence-corrected chi connectivity index (χ0v) is 13.5. The molecule has 0 saturated heterocycles. The fourth-order valence-electron chi connectivity index (χ4n) is 2.40. The van der Waals surface area contributed by atoms with Crippen LogP contribution in [0.15, 0.2) is 42.5 Å². The van der Waals surface area contributed by atoms with Crippen molar-refractivity contribution in [1.29, 1.82) is 0 Å². The van der Waals surface area contributed by atoms with Crippen LogP contribution in [-0.4, -0.2) is 12.5 Å². The van der Waals surface area contributed by atoms with Gasteiger partial charge in [0.05, 0.1) is 6.61 Å². The van der Waals surface area contributed by atoms with Gasteiger partial charge in [0.15, 0.2) is 0 Å². The highest BCUT2D eigenvalue weighted by atomic mass is 16.5. The highest BCUT2D eigenvalue weighted by molar-refractivity contribution is 5.92. The molecule has 0 aliphatic heterocycles. The average Bonchev–Trinajstić information content (AvgIpc) is 2.50.